The highest BCUT2D eigenvalue weighted by Crippen LogP contribution is 2.12. The van der Waals surface area contributed by atoms with Gasteiger partial charge in [-0.05, 0) is 5.56 Å². The molecule has 0 aliphatic heterocycles. The normalized spacial score (nSPS) is 11.3. The molecule has 106 valence electrons. The van der Waals surface area contributed by atoms with Gasteiger partial charge < -0.3 is 18.0 Å². The minimum absolute atomic E-state index is 0.230. The molecule has 0 radical (unpaired) electrons. The number of carbonyl (C=O) groups is 1. The lowest BCUT2D eigenvalue weighted by atomic mass is 10.2. The van der Waals surface area contributed by atoms with E-state index in [4.69, 9.17) is 18.0 Å². The van der Waals surface area contributed by atoms with Crippen molar-refractivity contribution >= 4 is 14.8 Å². The Hall–Kier alpha value is -1.21. The van der Waals surface area contributed by atoms with E-state index >= 15 is 0 Å². The average Bonchev–Trinajstić information content (AvgIpc) is 2.45. The van der Waals surface area contributed by atoms with E-state index in [0.29, 0.717) is 6.04 Å². The van der Waals surface area contributed by atoms with Crippen LogP contribution in [0.2, 0.25) is 6.04 Å². The SMILES string of the molecule is CO[Si](CCOC(=O)Cc1ccccc1)(OC)OC. The summed E-state index contributed by atoms with van der Waals surface area (Å²) in [5.74, 6) is -0.266. The molecule has 19 heavy (non-hydrogen) atoms. The topological polar surface area (TPSA) is 54.0 Å². The molecule has 1 rings (SSSR count). The van der Waals surface area contributed by atoms with Crippen LogP contribution in [0.5, 0.6) is 0 Å². The lowest BCUT2D eigenvalue weighted by molar-refractivity contribution is -0.142. The molecule has 5 nitrogen and oxygen atoms in total. The molecule has 0 unspecified atom stereocenters. The Morgan fingerprint density at radius 3 is 2.16 bits per heavy atom. The Labute approximate surface area is 114 Å². The second-order valence-corrected chi connectivity index (χ2v) is 7.02. The molecular formula is C13H20O5Si. The van der Waals surface area contributed by atoms with E-state index in [1.807, 2.05) is 30.3 Å². The monoisotopic (exact) mass is 284 g/mol. The zero-order chi connectivity index (χ0) is 14.1. The fraction of sp³-hybridized carbons (Fsp3) is 0.462. The molecule has 0 N–H and O–H groups in total. The van der Waals surface area contributed by atoms with E-state index in [1.165, 1.54) is 21.3 Å². The second kappa shape index (κ2) is 8.06. The van der Waals surface area contributed by atoms with Crippen LogP contribution >= 0.6 is 0 Å². The summed E-state index contributed by atoms with van der Waals surface area (Å²) in [6.07, 6.45) is 0.266. The number of hydrogen-bond acceptors (Lipinski definition) is 5. The van der Waals surface area contributed by atoms with Gasteiger partial charge in [0.2, 0.25) is 0 Å². The predicted molar refractivity (Wildman–Crippen MR) is 72.7 cm³/mol. The first kappa shape index (κ1) is 15.8. The molecule has 0 spiro atoms. The van der Waals surface area contributed by atoms with Crippen molar-refractivity contribution in [1.82, 2.24) is 0 Å². The van der Waals surface area contributed by atoms with Crippen molar-refractivity contribution in [1.29, 1.82) is 0 Å². The number of ether oxygens (including phenoxy) is 1. The summed E-state index contributed by atoms with van der Waals surface area (Å²) < 4.78 is 20.9. The van der Waals surface area contributed by atoms with Crippen LogP contribution in [0.1, 0.15) is 5.56 Å². The summed E-state index contributed by atoms with van der Waals surface area (Å²) in [6.45, 7) is 0.230. The van der Waals surface area contributed by atoms with Crippen LogP contribution in [-0.2, 0) is 29.2 Å². The number of rotatable bonds is 8. The van der Waals surface area contributed by atoms with E-state index in [-0.39, 0.29) is 19.0 Å². The number of benzene rings is 1. The molecule has 0 atom stereocenters. The van der Waals surface area contributed by atoms with Gasteiger partial charge in [-0.15, -0.1) is 0 Å². The van der Waals surface area contributed by atoms with Gasteiger partial charge in [0.1, 0.15) is 0 Å². The van der Waals surface area contributed by atoms with Gasteiger partial charge >= 0.3 is 14.8 Å². The molecule has 0 saturated heterocycles. The molecule has 0 saturated carbocycles. The van der Waals surface area contributed by atoms with Crippen molar-refractivity contribution in [3.63, 3.8) is 0 Å². The molecule has 1 aromatic carbocycles. The first-order chi connectivity index (χ1) is 9.15. The van der Waals surface area contributed by atoms with Crippen LogP contribution in [0.15, 0.2) is 30.3 Å². The maximum atomic E-state index is 11.6. The highest BCUT2D eigenvalue weighted by molar-refractivity contribution is 6.60. The fourth-order valence-corrected chi connectivity index (χ4v) is 3.12. The summed E-state index contributed by atoms with van der Waals surface area (Å²) in [5.41, 5.74) is 0.932. The van der Waals surface area contributed by atoms with Crippen LogP contribution in [-0.4, -0.2) is 42.7 Å². The van der Waals surface area contributed by atoms with Crippen molar-refractivity contribution in [2.75, 3.05) is 27.9 Å². The standard InChI is InChI=1S/C13H20O5Si/c1-15-19(16-2,17-3)10-9-18-13(14)11-12-7-5-4-6-8-12/h4-8H,9-11H2,1-3H3. The largest absolute Gasteiger partial charge is 0.503 e. The molecule has 0 bridgehead atoms. The Morgan fingerprint density at radius 1 is 1.05 bits per heavy atom. The molecule has 6 heteroatoms. The minimum Gasteiger partial charge on any atom is -0.465 e. The van der Waals surface area contributed by atoms with Gasteiger partial charge in [-0.3, -0.25) is 4.79 Å². The second-order valence-electron chi connectivity index (χ2n) is 3.93. The minimum atomic E-state index is -2.65. The smallest absolute Gasteiger partial charge is 0.465 e. The van der Waals surface area contributed by atoms with Crippen LogP contribution in [0.4, 0.5) is 0 Å². The number of carbonyl (C=O) groups excluding carboxylic acids is 1. The zero-order valence-corrected chi connectivity index (χ0v) is 12.5. The van der Waals surface area contributed by atoms with E-state index in [2.05, 4.69) is 0 Å². The van der Waals surface area contributed by atoms with Gasteiger partial charge in [0.15, 0.2) is 0 Å². The Bertz CT molecular complexity index is 370. The van der Waals surface area contributed by atoms with Crippen molar-refractivity contribution in [2.45, 2.75) is 12.5 Å². The van der Waals surface area contributed by atoms with E-state index in [0.717, 1.165) is 5.56 Å². The quantitative estimate of drug-likeness (QED) is 0.537. The molecule has 0 amide bonds. The number of esters is 1. The van der Waals surface area contributed by atoms with Crippen molar-refractivity contribution in [2.24, 2.45) is 0 Å². The molecule has 0 fully saturated rings. The van der Waals surface area contributed by atoms with Gasteiger partial charge in [-0.2, -0.15) is 0 Å². The molecule has 0 aliphatic carbocycles. The average molecular weight is 284 g/mol. The van der Waals surface area contributed by atoms with Gasteiger partial charge in [0.25, 0.3) is 0 Å². The number of hydrogen-bond donors (Lipinski definition) is 0. The molecular weight excluding hydrogens is 264 g/mol. The van der Waals surface area contributed by atoms with Crippen LogP contribution in [0, 0.1) is 0 Å². The van der Waals surface area contributed by atoms with Gasteiger partial charge in [-0.1, -0.05) is 30.3 Å². The molecule has 1 aromatic rings. The summed E-state index contributed by atoms with van der Waals surface area (Å²) in [5, 5.41) is 0. The third-order valence-corrected chi connectivity index (χ3v) is 5.48. The molecule has 0 aromatic heterocycles. The summed E-state index contributed by atoms with van der Waals surface area (Å²) in [7, 11) is 1.94. The predicted octanol–water partition coefficient (Wildman–Crippen LogP) is 1.65. The summed E-state index contributed by atoms with van der Waals surface area (Å²) in [6, 6.07) is 9.91. The van der Waals surface area contributed by atoms with E-state index in [1.54, 1.807) is 0 Å². The lowest BCUT2D eigenvalue weighted by Crippen LogP contribution is -2.43. The lowest BCUT2D eigenvalue weighted by Gasteiger charge is -2.23. The van der Waals surface area contributed by atoms with E-state index in [9.17, 15) is 4.79 Å². The molecule has 0 aliphatic rings. The van der Waals surface area contributed by atoms with Gasteiger partial charge in [0.05, 0.1) is 19.1 Å². The summed E-state index contributed by atoms with van der Waals surface area (Å²) in [4.78, 5) is 11.6. The van der Waals surface area contributed by atoms with Crippen LogP contribution in [0.3, 0.4) is 0 Å². The fourth-order valence-electron chi connectivity index (χ4n) is 1.66. The molecule has 0 heterocycles. The summed E-state index contributed by atoms with van der Waals surface area (Å²) >= 11 is 0. The third-order valence-electron chi connectivity index (χ3n) is 2.80. The van der Waals surface area contributed by atoms with Gasteiger partial charge in [0, 0.05) is 21.3 Å². The van der Waals surface area contributed by atoms with Crippen LogP contribution in [0.25, 0.3) is 0 Å². The highest BCUT2D eigenvalue weighted by atomic mass is 28.4. The maximum Gasteiger partial charge on any atom is 0.503 e. The third kappa shape index (κ3) is 5.12. The zero-order valence-electron chi connectivity index (χ0n) is 11.5. The Morgan fingerprint density at radius 2 is 1.63 bits per heavy atom. The van der Waals surface area contributed by atoms with E-state index < -0.39 is 8.80 Å². The Kier molecular flexibility index (Phi) is 6.72. The van der Waals surface area contributed by atoms with Crippen molar-refractivity contribution in [3.05, 3.63) is 35.9 Å². The van der Waals surface area contributed by atoms with Gasteiger partial charge in [-0.25, -0.2) is 0 Å². The first-order valence-electron chi connectivity index (χ1n) is 6.01. The van der Waals surface area contributed by atoms with Crippen molar-refractivity contribution < 1.29 is 22.8 Å². The van der Waals surface area contributed by atoms with Crippen molar-refractivity contribution in [3.8, 4) is 0 Å². The first-order valence-corrected chi connectivity index (χ1v) is 7.94. The van der Waals surface area contributed by atoms with Crippen LogP contribution < -0.4 is 0 Å². The maximum absolute atomic E-state index is 11.6. The Balaban J connectivity index is 2.35. The highest BCUT2D eigenvalue weighted by Gasteiger charge is 2.37.